The first kappa shape index (κ1) is 14.1. The predicted molar refractivity (Wildman–Crippen MR) is 65.6 cm³/mol. The summed E-state index contributed by atoms with van der Waals surface area (Å²) in [5, 5.41) is 3.21. The van der Waals surface area contributed by atoms with E-state index < -0.39 is 18.5 Å². The monoisotopic (exact) mass is 276 g/mol. The normalized spacial score (nSPS) is 15.6. The zero-order valence-electron chi connectivity index (χ0n) is 10.6. The third-order valence-corrected chi connectivity index (χ3v) is 2.97. The Balaban J connectivity index is 2.06. The molecular formula is C13H16F4N2. The molecule has 1 N–H and O–H groups in total. The SMILES string of the molecule is CN(CC(F)(F)F)c1cc(F)cc(CNC2CC2)c1. The zero-order chi connectivity index (χ0) is 14.0. The largest absolute Gasteiger partial charge is 0.405 e. The molecule has 0 radical (unpaired) electrons. The zero-order valence-corrected chi connectivity index (χ0v) is 10.6. The van der Waals surface area contributed by atoms with Crippen LogP contribution in [0.2, 0.25) is 0 Å². The van der Waals surface area contributed by atoms with Crippen LogP contribution in [-0.4, -0.2) is 25.8 Å². The molecule has 1 fully saturated rings. The summed E-state index contributed by atoms with van der Waals surface area (Å²) < 4.78 is 50.3. The summed E-state index contributed by atoms with van der Waals surface area (Å²) in [6.45, 7) is -0.610. The Morgan fingerprint density at radius 1 is 1.26 bits per heavy atom. The molecule has 0 aliphatic heterocycles. The minimum atomic E-state index is -4.30. The molecule has 1 saturated carbocycles. The molecule has 0 unspecified atom stereocenters. The molecule has 2 nitrogen and oxygen atoms in total. The smallest absolute Gasteiger partial charge is 0.366 e. The van der Waals surface area contributed by atoms with Crippen molar-refractivity contribution >= 4 is 5.69 Å². The molecule has 1 aliphatic rings. The molecule has 6 heteroatoms. The second kappa shape index (κ2) is 5.36. The number of halogens is 4. The van der Waals surface area contributed by atoms with Gasteiger partial charge in [0.15, 0.2) is 0 Å². The van der Waals surface area contributed by atoms with Crippen molar-refractivity contribution in [3.8, 4) is 0 Å². The summed E-state index contributed by atoms with van der Waals surface area (Å²) in [4.78, 5) is 1.00. The van der Waals surface area contributed by atoms with Crippen molar-refractivity contribution in [3.05, 3.63) is 29.6 Å². The van der Waals surface area contributed by atoms with Gasteiger partial charge < -0.3 is 10.2 Å². The van der Waals surface area contributed by atoms with Crippen molar-refractivity contribution in [1.82, 2.24) is 5.32 Å². The van der Waals surface area contributed by atoms with Crippen LogP contribution in [0.15, 0.2) is 18.2 Å². The third kappa shape index (κ3) is 4.70. The molecule has 1 aromatic carbocycles. The van der Waals surface area contributed by atoms with Gasteiger partial charge >= 0.3 is 6.18 Å². The van der Waals surface area contributed by atoms with Crippen LogP contribution in [0.5, 0.6) is 0 Å². The molecule has 2 rings (SSSR count). The predicted octanol–water partition coefficient (Wildman–Crippen LogP) is 3.08. The molecule has 0 aromatic heterocycles. The highest BCUT2D eigenvalue weighted by Crippen LogP contribution is 2.24. The Morgan fingerprint density at radius 2 is 1.95 bits per heavy atom. The summed E-state index contributed by atoms with van der Waals surface area (Å²) in [5.74, 6) is -0.515. The lowest BCUT2D eigenvalue weighted by Gasteiger charge is -2.21. The standard InChI is InChI=1S/C13H16F4N2/c1-19(8-13(15,16)17)12-5-9(4-10(14)6-12)7-18-11-2-3-11/h4-6,11,18H,2-3,7-8H2,1H3. The van der Waals surface area contributed by atoms with E-state index in [1.54, 1.807) is 6.07 Å². The Kier molecular flexibility index (Phi) is 3.99. The van der Waals surface area contributed by atoms with Crippen molar-refractivity contribution in [2.75, 3.05) is 18.5 Å². The molecule has 0 saturated heterocycles. The lowest BCUT2D eigenvalue weighted by molar-refractivity contribution is -0.119. The van der Waals surface area contributed by atoms with E-state index in [1.807, 2.05) is 0 Å². The molecule has 19 heavy (non-hydrogen) atoms. The van der Waals surface area contributed by atoms with E-state index in [2.05, 4.69) is 5.32 Å². The van der Waals surface area contributed by atoms with Crippen LogP contribution in [0.1, 0.15) is 18.4 Å². The fourth-order valence-electron chi connectivity index (χ4n) is 1.87. The van der Waals surface area contributed by atoms with Gasteiger partial charge in [-0.15, -0.1) is 0 Å². The van der Waals surface area contributed by atoms with Gasteiger partial charge in [0.25, 0.3) is 0 Å². The summed E-state index contributed by atoms with van der Waals surface area (Å²) in [5.41, 5.74) is 0.904. The van der Waals surface area contributed by atoms with E-state index >= 15 is 0 Å². The maximum Gasteiger partial charge on any atom is 0.405 e. The number of hydrogen-bond donors (Lipinski definition) is 1. The van der Waals surface area contributed by atoms with Crippen LogP contribution in [0.3, 0.4) is 0 Å². The van der Waals surface area contributed by atoms with Gasteiger partial charge in [-0.25, -0.2) is 4.39 Å². The van der Waals surface area contributed by atoms with Crippen molar-refractivity contribution < 1.29 is 17.6 Å². The molecule has 106 valence electrons. The number of hydrogen-bond acceptors (Lipinski definition) is 2. The van der Waals surface area contributed by atoms with Gasteiger partial charge in [0.2, 0.25) is 0 Å². The average Bonchev–Trinajstić information content (AvgIpc) is 3.07. The van der Waals surface area contributed by atoms with Gasteiger partial charge in [-0.1, -0.05) is 0 Å². The van der Waals surface area contributed by atoms with E-state index in [1.165, 1.54) is 13.1 Å². The van der Waals surface area contributed by atoms with Crippen LogP contribution < -0.4 is 10.2 Å². The van der Waals surface area contributed by atoms with Gasteiger partial charge in [0, 0.05) is 25.3 Å². The minimum absolute atomic E-state index is 0.241. The first-order valence-corrected chi connectivity index (χ1v) is 6.14. The van der Waals surface area contributed by atoms with Crippen LogP contribution in [0, 0.1) is 5.82 Å². The minimum Gasteiger partial charge on any atom is -0.366 e. The molecule has 0 heterocycles. The number of nitrogens with one attached hydrogen (secondary N) is 1. The van der Waals surface area contributed by atoms with Crippen LogP contribution in [0.4, 0.5) is 23.2 Å². The molecule has 0 atom stereocenters. The number of nitrogens with zero attached hydrogens (tertiary/aromatic N) is 1. The second-order valence-electron chi connectivity index (χ2n) is 4.94. The quantitative estimate of drug-likeness (QED) is 0.831. The maximum atomic E-state index is 13.4. The Labute approximate surface area is 109 Å². The number of alkyl halides is 3. The Hall–Kier alpha value is -1.30. The maximum absolute atomic E-state index is 13.4. The highest BCUT2D eigenvalue weighted by atomic mass is 19.4. The third-order valence-electron chi connectivity index (χ3n) is 2.97. The number of anilines is 1. The van der Waals surface area contributed by atoms with Crippen molar-refractivity contribution in [3.63, 3.8) is 0 Å². The lowest BCUT2D eigenvalue weighted by Crippen LogP contribution is -2.31. The summed E-state index contributed by atoms with van der Waals surface area (Å²) >= 11 is 0. The molecule has 1 aromatic rings. The average molecular weight is 276 g/mol. The van der Waals surface area contributed by atoms with Gasteiger partial charge in [-0.2, -0.15) is 13.2 Å². The first-order chi connectivity index (χ1) is 8.83. The molecular weight excluding hydrogens is 260 g/mol. The van der Waals surface area contributed by atoms with E-state index in [0.717, 1.165) is 23.8 Å². The topological polar surface area (TPSA) is 15.3 Å². The van der Waals surface area contributed by atoms with Crippen LogP contribution in [-0.2, 0) is 6.54 Å². The molecule has 0 bridgehead atoms. The van der Waals surface area contributed by atoms with Gasteiger partial charge in [0.05, 0.1) is 0 Å². The molecule has 1 aliphatic carbocycles. The summed E-state index contributed by atoms with van der Waals surface area (Å²) in [7, 11) is 1.31. The van der Waals surface area contributed by atoms with Crippen LogP contribution in [0.25, 0.3) is 0 Å². The van der Waals surface area contributed by atoms with Crippen molar-refractivity contribution in [2.45, 2.75) is 31.6 Å². The molecule has 0 spiro atoms. The van der Waals surface area contributed by atoms with Crippen molar-refractivity contribution in [1.29, 1.82) is 0 Å². The van der Waals surface area contributed by atoms with Gasteiger partial charge in [0.1, 0.15) is 12.4 Å². The van der Waals surface area contributed by atoms with E-state index in [9.17, 15) is 17.6 Å². The van der Waals surface area contributed by atoms with E-state index in [0.29, 0.717) is 18.2 Å². The van der Waals surface area contributed by atoms with E-state index in [4.69, 9.17) is 0 Å². The van der Waals surface area contributed by atoms with E-state index in [-0.39, 0.29) is 5.69 Å². The second-order valence-corrected chi connectivity index (χ2v) is 4.94. The summed E-state index contributed by atoms with van der Waals surface area (Å²) in [6.07, 6.45) is -2.08. The number of benzene rings is 1. The lowest BCUT2D eigenvalue weighted by atomic mass is 10.1. The first-order valence-electron chi connectivity index (χ1n) is 6.14. The van der Waals surface area contributed by atoms with Crippen LogP contribution >= 0.6 is 0 Å². The highest BCUT2D eigenvalue weighted by molar-refractivity contribution is 5.48. The van der Waals surface area contributed by atoms with Gasteiger partial charge in [-0.3, -0.25) is 0 Å². The number of rotatable bonds is 5. The summed E-state index contributed by atoms with van der Waals surface area (Å²) in [6, 6.07) is 4.52. The molecule has 0 amide bonds. The van der Waals surface area contributed by atoms with Crippen molar-refractivity contribution in [2.24, 2.45) is 0 Å². The fraction of sp³-hybridized carbons (Fsp3) is 0.538. The Bertz CT molecular complexity index is 441. The van der Waals surface area contributed by atoms with Gasteiger partial charge in [-0.05, 0) is 36.6 Å². The highest BCUT2D eigenvalue weighted by Gasteiger charge is 2.29. The Morgan fingerprint density at radius 3 is 2.53 bits per heavy atom. The fourth-order valence-corrected chi connectivity index (χ4v) is 1.87.